The molecule has 3 heterocycles. The van der Waals surface area contributed by atoms with Crippen LogP contribution in [0.3, 0.4) is 0 Å². The van der Waals surface area contributed by atoms with Crippen molar-refractivity contribution >= 4 is 0 Å². The summed E-state index contributed by atoms with van der Waals surface area (Å²) in [5, 5.41) is 5.37. The molecule has 11 heteroatoms. The van der Waals surface area contributed by atoms with Crippen LogP contribution in [0.25, 0.3) is 22.8 Å². The molecule has 3 aromatic heterocycles. The summed E-state index contributed by atoms with van der Waals surface area (Å²) in [6, 6.07) is 6.16. The quantitative estimate of drug-likeness (QED) is 0.703. The molecule has 0 spiro atoms. The number of rotatable bonds is 2. The predicted octanol–water partition coefficient (Wildman–Crippen LogP) is 3.97. The first-order valence-corrected chi connectivity index (χ1v) is 6.65. The van der Waals surface area contributed by atoms with Gasteiger partial charge in [-0.3, -0.25) is 5.10 Å². The highest BCUT2D eigenvalue weighted by atomic mass is 19.4. The number of aromatic amines is 1. The van der Waals surface area contributed by atoms with Crippen LogP contribution in [-0.2, 0) is 12.4 Å². The van der Waals surface area contributed by atoms with Gasteiger partial charge in [0.25, 0.3) is 0 Å². The third kappa shape index (κ3) is 3.59. The first kappa shape index (κ1) is 16.9. The zero-order valence-electron chi connectivity index (χ0n) is 12.0. The van der Waals surface area contributed by atoms with Crippen LogP contribution in [0.2, 0.25) is 0 Å². The fraction of sp³-hybridized carbons (Fsp3) is 0.143. The Morgan fingerprint density at radius 1 is 0.760 bits per heavy atom. The molecule has 0 atom stereocenters. The highest BCUT2D eigenvalue weighted by molar-refractivity contribution is 5.61. The van der Waals surface area contributed by atoms with E-state index in [0.717, 1.165) is 12.3 Å². The van der Waals surface area contributed by atoms with Gasteiger partial charge in [-0.05, 0) is 24.3 Å². The van der Waals surface area contributed by atoms with E-state index in [9.17, 15) is 26.3 Å². The standard InChI is InChI=1S/C14H7F6N5/c15-13(16,17)11-6-10(24-25-11)8-3-1-2-7(22-8)9-4-5-21-12(23-9)14(18,19)20/h1-6H,(H,24,25). The van der Waals surface area contributed by atoms with E-state index in [0.29, 0.717) is 0 Å². The Morgan fingerprint density at radius 3 is 2.00 bits per heavy atom. The third-order valence-electron chi connectivity index (χ3n) is 3.07. The predicted molar refractivity (Wildman–Crippen MR) is 72.8 cm³/mol. The Hall–Kier alpha value is -2.98. The minimum absolute atomic E-state index is 0.0435. The molecule has 0 fully saturated rings. The third-order valence-corrected chi connectivity index (χ3v) is 3.07. The topological polar surface area (TPSA) is 67.3 Å². The van der Waals surface area contributed by atoms with Crippen molar-refractivity contribution in [1.29, 1.82) is 0 Å². The molecule has 0 aliphatic heterocycles. The van der Waals surface area contributed by atoms with Gasteiger partial charge >= 0.3 is 12.4 Å². The van der Waals surface area contributed by atoms with Crippen LogP contribution in [0.5, 0.6) is 0 Å². The zero-order valence-corrected chi connectivity index (χ0v) is 12.0. The van der Waals surface area contributed by atoms with Crippen molar-refractivity contribution in [3.05, 3.63) is 48.0 Å². The minimum Gasteiger partial charge on any atom is -0.273 e. The van der Waals surface area contributed by atoms with Gasteiger partial charge in [-0.2, -0.15) is 31.4 Å². The summed E-state index contributed by atoms with van der Waals surface area (Å²) in [6.45, 7) is 0. The molecule has 0 aliphatic carbocycles. The zero-order chi connectivity index (χ0) is 18.2. The second-order valence-corrected chi connectivity index (χ2v) is 4.84. The highest BCUT2D eigenvalue weighted by Gasteiger charge is 2.35. The first-order chi connectivity index (χ1) is 11.6. The lowest BCUT2D eigenvalue weighted by atomic mass is 10.2. The van der Waals surface area contributed by atoms with E-state index in [1.807, 2.05) is 5.10 Å². The van der Waals surface area contributed by atoms with Gasteiger partial charge in [0.2, 0.25) is 5.82 Å². The average Bonchev–Trinajstić information content (AvgIpc) is 3.05. The van der Waals surface area contributed by atoms with Crippen molar-refractivity contribution < 1.29 is 26.3 Å². The summed E-state index contributed by atoms with van der Waals surface area (Å²) in [5.41, 5.74) is -1.18. The van der Waals surface area contributed by atoms with Crippen LogP contribution < -0.4 is 0 Å². The van der Waals surface area contributed by atoms with Gasteiger partial charge in [0, 0.05) is 6.20 Å². The number of halogens is 6. The summed E-state index contributed by atoms with van der Waals surface area (Å²) in [7, 11) is 0. The van der Waals surface area contributed by atoms with Crippen LogP contribution in [0.4, 0.5) is 26.3 Å². The van der Waals surface area contributed by atoms with Crippen LogP contribution >= 0.6 is 0 Å². The number of alkyl halides is 6. The maximum atomic E-state index is 12.7. The molecule has 130 valence electrons. The van der Waals surface area contributed by atoms with Crippen LogP contribution in [-0.4, -0.2) is 25.1 Å². The van der Waals surface area contributed by atoms with Gasteiger partial charge in [0.1, 0.15) is 11.4 Å². The number of aromatic nitrogens is 5. The average molecular weight is 359 g/mol. The second kappa shape index (κ2) is 5.83. The summed E-state index contributed by atoms with van der Waals surface area (Å²) in [4.78, 5) is 10.6. The molecule has 0 aliphatic rings. The van der Waals surface area contributed by atoms with Crippen molar-refractivity contribution in [2.45, 2.75) is 12.4 Å². The normalized spacial score (nSPS) is 12.4. The van der Waals surface area contributed by atoms with Crippen molar-refractivity contribution in [3.8, 4) is 22.8 Å². The summed E-state index contributed by atoms with van der Waals surface area (Å²) in [6.07, 6.45) is -8.40. The molecule has 3 rings (SSSR count). The molecule has 3 aromatic rings. The molecular weight excluding hydrogens is 352 g/mol. The van der Waals surface area contributed by atoms with Crippen molar-refractivity contribution in [3.63, 3.8) is 0 Å². The minimum atomic E-state index is -4.72. The van der Waals surface area contributed by atoms with Gasteiger partial charge in [0.05, 0.1) is 17.1 Å². The SMILES string of the molecule is FC(F)(F)c1nccc(-c2cccc(-c3cc(C(F)(F)F)[nH]n3)n2)n1. The number of hydrogen-bond donors (Lipinski definition) is 1. The Labute approximate surface area is 135 Å². The van der Waals surface area contributed by atoms with Crippen LogP contribution in [0, 0.1) is 0 Å². The molecule has 0 bridgehead atoms. The van der Waals surface area contributed by atoms with E-state index in [1.54, 1.807) is 0 Å². The fourth-order valence-electron chi connectivity index (χ4n) is 1.96. The maximum absolute atomic E-state index is 12.7. The van der Waals surface area contributed by atoms with Gasteiger partial charge in [0.15, 0.2) is 0 Å². The van der Waals surface area contributed by atoms with E-state index < -0.39 is 23.9 Å². The smallest absolute Gasteiger partial charge is 0.273 e. The molecule has 5 nitrogen and oxygen atoms in total. The number of nitrogens with one attached hydrogen (secondary N) is 1. The Kier molecular flexibility index (Phi) is 3.93. The lowest BCUT2D eigenvalue weighted by Crippen LogP contribution is -2.11. The molecular formula is C14H7F6N5. The Balaban J connectivity index is 1.99. The van der Waals surface area contributed by atoms with Gasteiger partial charge in [-0.1, -0.05) is 6.07 Å². The molecule has 1 N–H and O–H groups in total. The number of hydrogen-bond acceptors (Lipinski definition) is 4. The monoisotopic (exact) mass is 359 g/mol. The number of pyridine rings is 1. The second-order valence-electron chi connectivity index (χ2n) is 4.84. The largest absolute Gasteiger partial charge is 0.451 e. The van der Waals surface area contributed by atoms with Crippen molar-refractivity contribution in [2.24, 2.45) is 0 Å². The van der Waals surface area contributed by atoms with E-state index >= 15 is 0 Å². The summed E-state index contributed by atoms with van der Waals surface area (Å²) in [5.74, 6) is -1.34. The van der Waals surface area contributed by atoms with E-state index in [4.69, 9.17) is 0 Å². The first-order valence-electron chi connectivity index (χ1n) is 6.65. The van der Waals surface area contributed by atoms with E-state index in [2.05, 4.69) is 20.1 Å². The molecule has 0 saturated carbocycles. The van der Waals surface area contributed by atoms with Gasteiger partial charge in [-0.25, -0.2) is 15.0 Å². The maximum Gasteiger partial charge on any atom is 0.451 e. The Bertz CT molecular complexity index is 899. The summed E-state index contributed by atoms with van der Waals surface area (Å²) >= 11 is 0. The molecule has 25 heavy (non-hydrogen) atoms. The lowest BCUT2D eigenvalue weighted by Gasteiger charge is -2.07. The highest BCUT2D eigenvalue weighted by Crippen LogP contribution is 2.31. The Morgan fingerprint density at radius 2 is 1.40 bits per heavy atom. The molecule has 0 aromatic carbocycles. The summed E-state index contributed by atoms with van der Waals surface area (Å²) < 4.78 is 75.8. The molecule has 0 unspecified atom stereocenters. The van der Waals surface area contributed by atoms with Gasteiger partial charge in [-0.15, -0.1) is 0 Å². The lowest BCUT2D eigenvalue weighted by molar-refractivity contribution is -0.145. The van der Waals surface area contributed by atoms with Gasteiger partial charge < -0.3 is 0 Å². The molecule has 0 saturated heterocycles. The molecule has 0 amide bonds. The van der Waals surface area contributed by atoms with E-state index in [1.165, 1.54) is 24.3 Å². The molecule has 0 radical (unpaired) electrons. The van der Waals surface area contributed by atoms with E-state index in [-0.39, 0.29) is 22.8 Å². The van der Waals surface area contributed by atoms with Crippen LogP contribution in [0.15, 0.2) is 36.5 Å². The fourth-order valence-corrected chi connectivity index (χ4v) is 1.96. The van der Waals surface area contributed by atoms with Crippen LogP contribution in [0.1, 0.15) is 11.5 Å². The number of H-pyrrole nitrogens is 1. The van der Waals surface area contributed by atoms with Crippen molar-refractivity contribution in [2.75, 3.05) is 0 Å². The van der Waals surface area contributed by atoms with Crippen molar-refractivity contribution in [1.82, 2.24) is 25.1 Å². The number of nitrogens with zero attached hydrogens (tertiary/aromatic N) is 4.